The fourth-order valence-corrected chi connectivity index (χ4v) is 3.01. The Balaban J connectivity index is 1.89. The topological polar surface area (TPSA) is 29.5 Å². The van der Waals surface area contributed by atoms with Crippen LogP contribution in [0.15, 0.2) is 60.7 Å². The highest BCUT2D eigenvalue weighted by Crippen LogP contribution is 2.31. The SMILES string of the molecule is O=C1CCCC(N(c2ccccc2)c2ccccc2)CCO1. The van der Waals surface area contributed by atoms with Crippen LogP contribution in [-0.2, 0) is 9.53 Å². The van der Waals surface area contributed by atoms with Gasteiger partial charge < -0.3 is 9.64 Å². The Hall–Kier alpha value is -2.29. The molecule has 0 aromatic heterocycles. The number of hydrogen-bond acceptors (Lipinski definition) is 3. The highest BCUT2D eigenvalue weighted by molar-refractivity contribution is 5.69. The molecule has 114 valence electrons. The molecule has 0 N–H and O–H groups in total. The van der Waals surface area contributed by atoms with E-state index in [1.54, 1.807) is 0 Å². The van der Waals surface area contributed by atoms with Crippen molar-refractivity contribution < 1.29 is 9.53 Å². The summed E-state index contributed by atoms with van der Waals surface area (Å²) in [6, 6.07) is 21.2. The van der Waals surface area contributed by atoms with Crippen molar-refractivity contribution in [1.29, 1.82) is 0 Å². The molecular weight excluding hydrogens is 274 g/mol. The molecule has 1 unspecified atom stereocenters. The third-order valence-corrected chi connectivity index (χ3v) is 4.07. The molecule has 1 aliphatic rings. The Morgan fingerprint density at radius 3 is 2.05 bits per heavy atom. The average Bonchev–Trinajstić information content (AvgIpc) is 2.54. The van der Waals surface area contributed by atoms with Crippen LogP contribution >= 0.6 is 0 Å². The van der Waals surface area contributed by atoms with Crippen molar-refractivity contribution in [2.45, 2.75) is 31.7 Å². The molecule has 3 nitrogen and oxygen atoms in total. The maximum Gasteiger partial charge on any atom is 0.305 e. The molecule has 0 bridgehead atoms. The van der Waals surface area contributed by atoms with Gasteiger partial charge in [-0.2, -0.15) is 0 Å². The molecule has 0 aliphatic carbocycles. The van der Waals surface area contributed by atoms with E-state index in [0.717, 1.165) is 19.3 Å². The Labute approximate surface area is 131 Å². The average molecular weight is 295 g/mol. The van der Waals surface area contributed by atoms with Crippen LogP contribution in [0.5, 0.6) is 0 Å². The Kier molecular flexibility index (Phi) is 4.74. The summed E-state index contributed by atoms with van der Waals surface area (Å²) in [5.41, 5.74) is 2.37. The van der Waals surface area contributed by atoms with Gasteiger partial charge in [0.25, 0.3) is 0 Å². The molecular formula is C19H21NO2. The summed E-state index contributed by atoms with van der Waals surface area (Å²) >= 11 is 0. The first-order valence-electron chi connectivity index (χ1n) is 7.89. The lowest BCUT2D eigenvalue weighted by atomic mass is 10.0. The predicted molar refractivity (Wildman–Crippen MR) is 88.2 cm³/mol. The van der Waals surface area contributed by atoms with Crippen LogP contribution < -0.4 is 4.90 Å². The highest BCUT2D eigenvalue weighted by atomic mass is 16.5. The van der Waals surface area contributed by atoms with Gasteiger partial charge >= 0.3 is 5.97 Å². The number of carbonyl (C=O) groups is 1. The smallest absolute Gasteiger partial charge is 0.305 e. The van der Waals surface area contributed by atoms with Gasteiger partial charge in [-0.3, -0.25) is 4.79 Å². The minimum atomic E-state index is -0.0653. The summed E-state index contributed by atoms with van der Waals surface area (Å²) < 4.78 is 5.27. The molecule has 0 radical (unpaired) electrons. The molecule has 1 atom stereocenters. The number of hydrogen-bond donors (Lipinski definition) is 0. The van der Waals surface area contributed by atoms with Crippen molar-refractivity contribution in [3.05, 3.63) is 60.7 Å². The number of benzene rings is 2. The summed E-state index contributed by atoms with van der Waals surface area (Å²) in [4.78, 5) is 13.8. The molecule has 1 saturated heterocycles. The van der Waals surface area contributed by atoms with E-state index >= 15 is 0 Å². The van der Waals surface area contributed by atoms with Crippen LogP contribution in [0.4, 0.5) is 11.4 Å². The number of ether oxygens (including phenoxy) is 1. The first kappa shape index (κ1) is 14.6. The first-order chi connectivity index (χ1) is 10.8. The van der Waals surface area contributed by atoms with Crippen molar-refractivity contribution in [3.63, 3.8) is 0 Å². The number of para-hydroxylation sites is 2. The normalized spacial score (nSPS) is 18.9. The Morgan fingerprint density at radius 2 is 1.45 bits per heavy atom. The van der Waals surface area contributed by atoms with E-state index in [4.69, 9.17) is 4.74 Å². The van der Waals surface area contributed by atoms with Gasteiger partial charge in [0.15, 0.2) is 0 Å². The van der Waals surface area contributed by atoms with Crippen molar-refractivity contribution in [1.82, 2.24) is 0 Å². The molecule has 1 fully saturated rings. The van der Waals surface area contributed by atoms with Crippen molar-refractivity contribution >= 4 is 17.3 Å². The standard InChI is InChI=1S/C19H21NO2/c21-19-13-7-12-18(14-15-22-19)20(16-8-3-1-4-9-16)17-10-5-2-6-11-17/h1-6,8-11,18H,7,12-15H2. The molecule has 3 rings (SSSR count). The van der Waals surface area contributed by atoms with E-state index in [1.165, 1.54) is 11.4 Å². The maximum absolute atomic E-state index is 11.4. The van der Waals surface area contributed by atoms with Gasteiger partial charge in [-0.05, 0) is 37.1 Å². The van der Waals surface area contributed by atoms with Gasteiger partial charge in [-0.25, -0.2) is 0 Å². The second-order valence-electron chi connectivity index (χ2n) is 5.60. The van der Waals surface area contributed by atoms with Gasteiger partial charge in [0.05, 0.1) is 6.61 Å². The fourth-order valence-electron chi connectivity index (χ4n) is 3.01. The number of esters is 1. The largest absolute Gasteiger partial charge is 0.466 e. The maximum atomic E-state index is 11.4. The van der Waals surface area contributed by atoms with Crippen molar-refractivity contribution in [3.8, 4) is 0 Å². The minimum Gasteiger partial charge on any atom is -0.466 e. The summed E-state index contributed by atoms with van der Waals surface area (Å²) in [6.07, 6.45) is 3.25. The van der Waals surface area contributed by atoms with Crippen LogP contribution in [-0.4, -0.2) is 18.6 Å². The molecule has 3 heteroatoms. The quantitative estimate of drug-likeness (QED) is 0.790. The highest BCUT2D eigenvalue weighted by Gasteiger charge is 2.23. The zero-order valence-corrected chi connectivity index (χ0v) is 12.7. The molecule has 1 aliphatic heterocycles. The first-order valence-corrected chi connectivity index (χ1v) is 7.89. The van der Waals surface area contributed by atoms with Crippen molar-refractivity contribution in [2.75, 3.05) is 11.5 Å². The lowest BCUT2D eigenvalue weighted by molar-refractivity contribution is -0.144. The van der Waals surface area contributed by atoms with Gasteiger partial charge in [-0.1, -0.05) is 36.4 Å². The van der Waals surface area contributed by atoms with Crippen LogP contribution in [0, 0.1) is 0 Å². The van der Waals surface area contributed by atoms with Gasteiger partial charge in [0.2, 0.25) is 0 Å². The Bertz CT molecular complexity index is 546. The van der Waals surface area contributed by atoms with Crippen molar-refractivity contribution in [2.24, 2.45) is 0 Å². The summed E-state index contributed by atoms with van der Waals surface area (Å²) in [7, 11) is 0. The second-order valence-corrected chi connectivity index (χ2v) is 5.60. The van der Waals surface area contributed by atoms with Crippen LogP contribution in [0.1, 0.15) is 25.7 Å². The molecule has 2 aromatic carbocycles. The number of anilines is 2. The van der Waals surface area contributed by atoms with E-state index in [9.17, 15) is 4.79 Å². The molecule has 1 heterocycles. The summed E-state index contributed by atoms with van der Waals surface area (Å²) in [5, 5.41) is 0. The zero-order chi connectivity index (χ0) is 15.2. The number of cyclic esters (lactones) is 1. The summed E-state index contributed by atoms with van der Waals surface area (Å²) in [6.45, 7) is 0.500. The monoisotopic (exact) mass is 295 g/mol. The zero-order valence-electron chi connectivity index (χ0n) is 12.7. The molecule has 0 spiro atoms. The van der Waals surface area contributed by atoms with E-state index in [0.29, 0.717) is 19.1 Å². The lowest BCUT2D eigenvalue weighted by Crippen LogP contribution is -2.34. The predicted octanol–water partition coefficient (Wildman–Crippen LogP) is 4.31. The van der Waals surface area contributed by atoms with Crippen LogP contribution in [0.2, 0.25) is 0 Å². The number of rotatable bonds is 3. The molecule has 0 saturated carbocycles. The number of nitrogens with zero attached hydrogens (tertiary/aromatic N) is 1. The molecule has 2 aromatic rings. The summed E-state index contributed by atoms with van der Waals surface area (Å²) in [5.74, 6) is -0.0653. The van der Waals surface area contributed by atoms with E-state index < -0.39 is 0 Å². The molecule has 22 heavy (non-hydrogen) atoms. The minimum absolute atomic E-state index is 0.0653. The lowest BCUT2D eigenvalue weighted by Gasteiger charge is -2.35. The van der Waals surface area contributed by atoms with E-state index in [2.05, 4.69) is 53.4 Å². The molecule has 0 amide bonds. The third-order valence-electron chi connectivity index (χ3n) is 4.07. The number of carbonyl (C=O) groups excluding carboxylic acids is 1. The third kappa shape index (κ3) is 3.48. The van der Waals surface area contributed by atoms with Gasteiger partial charge in [-0.15, -0.1) is 0 Å². The van der Waals surface area contributed by atoms with Crippen LogP contribution in [0.3, 0.4) is 0 Å². The second kappa shape index (κ2) is 7.12. The van der Waals surface area contributed by atoms with E-state index in [1.807, 2.05) is 12.1 Å². The van der Waals surface area contributed by atoms with E-state index in [-0.39, 0.29) is 5.97 Å². The van der Waals surface area contributed by atoms with Gasteiger partial charge in [0, 0.05) is 30.3 Å². The van der Waals surface area contributed by atoms with Crippen LogP contribution in [0.25, 0.3) is 0 Å². The fraction of sp³-hybridized carbons (Fsp3) is 0.316. The Morgan fingerprint density at radius 1 is 0.864 bits per heavy atom. The van der Waals surface area contributed by atoms with Gasteiger partial charge in [0.1, 0.15) is 0 Å².